The van der Waals surface area contributed by atoms with Crippen molar-refractivity contribution in [2.75, 3.05) is 13.4 Å². The fourth-order valence-corrected chi connectivity index (χ4v) is 4.15. The number of aromatic nitrogens is 3. The number of H-pyrrole nitrogens is 1. The summed E-state index contributed by atoms with van der Waals surface area (Å²) in [5.74, 6) is 2.00. The van der Waals surface area contributed by atoms with Gasteiger partial charge in [0, 0.05) is 22.8 Å². The second-order valence-electron chi connectivity index (χ2n) is 10.0. The minimum Gasteiger partial charge on any atom is -0.490 e. The third kappa shape index (κ3) is 5.94. The zero-order valence-electron chi connectivity index (χ0n) is 21.3. The van der Waals surface area contributed by atoms with Crippen molar-refractivity contribution in [1.29, 1.82) is 0 Å². The monoisotopic (exact) mass is 502 g/mol. The van der Waals surface area contributed by atoms with Gasteiger partial charge < -0.3 is 24.3 Å². The van der Waals surface area contributed by atoms with Crippen LogP contribution in [0.3, 0.4) is 0 Å². The molecule has 0 unspecified atom stereocenters. The maximum absolute atomic E-state index is 12.6. The lowest BCUT2D eigenvalue weighted by atomic mass is 10.0. The smallest absolute Gasteiger partial charge is 0.408 e. The number of hydrogen-bond acceptors (Lipinski definition) is 7. The summed E-state index contributed by atoms with van der Waals surface area (Å²) in [6.45, 7) is 7.91. The number of carbonyl (C=O) groups is 1. The first kappa shape index (κ1) is 24.4. The molecule has 0 aliphatic carbocycles. The number of nitrogens with one attached hydrogen (secondary N) is 2. The van der Waals surface area contributed by atoms with Gasteiger partial charge in [-0.1, -0.05) is 12.1 Å². The first-order valence-electron chi connectivity index (χ1n) is 12.1. The fraction of sp³-hybridized carbons (Fsp3) is 0.321. The Bertz CT molecular complexity index is 1430. The van der Waals surface area contributed by atoms with E-state index in [1.165, 1.54) is 0 Å². The Labute approximate surface area is 215 Å². The number of fused-ring (bicyclic) bond motifs is 2. The predicted octanol–water partition coefficient (Wildman–Crippen LogP) is 5.18. The molecule has 0 saturated heterocycles. The molecule has 1 aliphatic rings. The number of ether oxygens (including phenoxy) is 4. The van der Waals surface area contributed by atoms with Crippen LogP contribution in [0.5, 0.6) is 17.2 Å². The lowest BCUT2D eigenvalue weighted by molar-refractivity contribution is 0.0487. The van der Waals surface area contributed by atoms with Crippen LogP contribution in [-0.4, -0.2) is 46.3 Å². The molecule has 0 saturated carbocycles. The van der Waals surface area contributed by atoms with Gasteiger partial charge in [-0.2, -0.15) is 5.10 Å². The van der Waals surface area contributed by atoms with Crippen LogP contribution in [-0.2, 0) is 11.2 Å². The average Bonchev–Trinajstić information content (AvgIpc) is 3.47. The van der Waals surface area contributed by atoms with Gasteiger partial charge in [-0.15, -0.1) is 0 Å². The van der Waals surface area contributed by atoms with E-state index in [0.29, 0.717) is 23.7 Å². The third-order valence-corrected chi connectivity index (χ3v) is 5.88. The van der Waals surface area contributed by atoms with Gasteiger partial charge in [0.05, 0.1) is 17.8 Å². The summed E-state index contributed by atoms with van der Waals surface area (Å²) < 4.78 is 22.5. The Morgan fingerprint density at radius 1 is 1.08 bits per heavy atom. The van der Waals surface area contributed by atoms with E-state index in [9.17, 15) is 4.79 Å². The van der Waals surface area contributed by atoms with Gasteiger partial charge in [-0.05, 0) is 75.6 Å². The summed E-state index contributed by atoms with van der Waals surface area (Å²) in [6, 6.07) is 13.4. The highest BCUT2D eigenvalue weighted by Gasteiger charge is 2.22. The van der Waals surface area contributed by atoms with Crippen LogP contribution < -0.4 is 19.5 Å². The number of alkyl carbamates (subject to hydrolysis) is 1. The molecule has 3 heterocycles. The van der Waals surface area contributed by atoms with Crippen LogP contribution in [0.2, 0.25) is 0 Å². The molecular formula is C28H30N4O5. The molecule has 0 fully saturated rings. The predicted molar refractivity (Wildman–Crippen MR) is 139 cm³/mol. The Morgan fingerprint density at radius 2 is 1.92 bits per heavy atom. The minimum atomic E-state index is -0.610. The van der Waals surface area contributed by atoms with E-state index in [0.717, 1.165) is 33.3 Å². The molecule has 0 bridgehead atoms. The molecule has 1 amide bonds. The van der Waals surface area contributed by atoms with Crippen LogP contribution >= 0.6 is 0 Å². The number of hydrogen-bond donors (Lipinski definition) is 2. The fourth-order valence-electron chi connectivity index (χ4n) is 4.15. The van der Waals surface area contributed by atoms with Crippen molar-refractivity contribution in [3.05, 3.63) is 66.1 Å². The van der Waals surface area contributed by atoms with Crippen molar-refractivity contribution in [2.24, 2.45) is 0 Å². The van der Waals surface area contributed by atoms with E-state index >= 15 is 0 Å². The highest BCUT2D eigenvalue weighted by molar-refractivity contribution is 5.86. The summed E-state index contributed by atoms with van der Waals surface area (Å²) in [5, 5.41) is 11.3. The quantitative estimate of drug-likeness (QED) is 0.359. The Hall–Kier alpha value is -4.27. The second kappa shape index (κ2) is 10.0. The van der Waals surface area contributed by atoms with Crippen LogP contribution in [0.1, 0.15) is 32.0 Å². The summed E-state index contributed by atoms with van der Waals surface area (Å²) in [6.07, 6.45) is 3.47. The Kier molecular flexibility index (Phi) is 6.60. The molecule has 9 nitrogen and oxygen atoms in total. The number of rotatable bonds is 7. The number of benzene rings is 2. The molecular weight excluding hydrogens is 472 g/mol. The molecule has 2 aromatic carbocycles. The maximum atomic E-state index is 12.6. The van der Waals surface area contributed by atoms with Gasteiger partial charge in [0.15, 0.2) is 11.5 Å². The van der Waals surface area contributed by atoms with Crippen LogP contribution in [0.15, 0.2) is 54.9 Å². The maximum Gasteiger partial charge on any atom is 0.408 e. The van der Waals surface area contributed by atoms with E-state index in [2.05, 4.69) is 26.6 Å². The highest BCUT2D eigenvalue weighted by Crippen LogP contribution is 2.33. The van der Waals surface area contributed by atoms with Crippen molar-refractivity contribution in [2.45, 2.75) is 45.8 Å². The normalized spacial score (nSPS) is 13.4. The lowest BCUT2D eigenvalue weighted by Crippen LogP contribution is -2.43. The molecule has 4 aromatic rings. The molecule has 1 aliphatic heterocycles. The number of amides is 1. The van der Waals surface area contributed by atoms with Gasteiger partial charge >= 0.3 is 6.09 Å². The summed E-state index contributed by atoms with van der Waals surface area (Å²) in [4.78, 5) is 16.9. The van der Waals surface area contributed by atoms with Gasteiger partial charge in [0.1, 0.15) is 18.0 Å². The molecule has 2 aromatic heterocycles. The van der Waals surface area contributed by atoms with Crippen LogP contribution in [0, 0.1) is 6.92 Å². The van der Waals surface area contributed by atoms with Crippen molar-refractivity contribution in [3.63, 3.8) is 0 Å². The highest BCUT2D eigenvalue weighted by atomic mass is 16.7. The lowest BCUT2D eigenvalue weighted by Gasteiger charge is -2.24. The van der Waals surface area contributed by atoms with Gasteiger partial charge in [0.2, 0.25) is 6.79 Å². The number of aryl methyl sites for hydroxylation is 1. The first-order chi connectivity index (χ1) is 17.7. The van der Waals surface area contributed by atoms with E-state index in [1.807, 2.05) is 64.1 Å². The van der Waals surface area contributed by atoms with Crippen molar-refractivity contribution >= 4 is 17.0 Å². The average molecular weight is 503 g/mol. The van der Waals surface area contributed by atoms with Crippen molar-refractivity contribution < 1.29 is 23.7 Å². The zero-order chi connectivity index (χ0) is 26.0. The standard InChI is InChI=1S/C28H30N4O5/c1-17-23-12-19(6-7-24(23)32-31-17)20-11-22(14-29-13-20)34-15-21(30-27(33)37-28(2,3)4)9-18-5-8-25-26(10-18)36-16-35-25/h5-8,10-14,21H,9,15-16H2,1-4H3,(H,30,33)(H,31,32)/t21-/m0/s1. The Balaban J connectivity index is 1.32. The van der Waals surface area contributed by atoms with Crippen molar-refractivity contribution in [1.82, 2.24) is 20.5 Å². The summed E-state index contributed by atoms with van der Waals surface area (Å²) in [5.41, 5.74) is 4.23. The van der Waals surface area contributed by atoms with Gasteiger partial charge in [-0.25, -0.2) is 4.79 Å². The van der Waals surface area contributed by atoms with E-state index in [-0.39, 0.29) is 19.4 Å². The van der Waals surface area contributed by atoms with E-state index in [4.69, 9.17) is 18.9 Å². The summed E-state index contributed by atoms with van der Waals surface area (Å²) in [7, 11) is 0. The summed E-state index contributed by atoms with van der Waals surface area (Å²) >= 11 is 0. The molecule has 37 heavy (non-hydrogen) atoms. The number of aromatic amines is 1. The van der Waals surface area contributed by atoms with E-state index < -0.39 is 11.7 Å². The van der Waals surface area contributed by atoms with Gasteiger partial charge in [0.25, 0.3) is 0 Å². The molecule has 9 heteroatoms. The molecule has 0 radical (unpaired) electrons. The number of pyridine rings is 1. The number of carbonyl (C=O) groups excluding carboxylic acids is 1. The SMILES string of the molecule is Cc1[nH]nc2ccc(-c3cncc(OC[C@H](Cc4ccc5c(c4)OCO5)NC(=O)OC(C)(C)C)c3)cc12. The van der Waals surface area contributed by atoms with Crippen molar-refractivity contribution in [3.8, 4) is 28.4 Å². The Morgan fingerprint density at radius 3 is 2.76 bits per heavy atom. The third-order valence-electron chi connectivity index (χ3n) is 5.88. The zero-order valence-corrected chi connectivity index (χ0v) is 21.3. The van der Waals surface area contributed by atoms with Crippen LogP contribution in [0.25, 0.3) is 22.0 Å². The van der Waals surface area contributed by atoms with Gasteiger partial charge in [-0.3, -0.25) is 10.1 Å². The molecule has 1 atom stereocenters. The molecule has 0 spiro atoms. The minimum absolute atomic E-state index is 0.206. The topological polar surface area (TPSA) is 108 Å². The first-order valence-corrected chi connectivity index (χ1v) is 12.1. The molecule has 2 N–H and O–H groups in total. The van der Waals surface area contributed by atoms with E-state index in [1.54, 1.807) is 12.4 Å². The molecule has 5 rings (SSSR count). The molecule has 192 valence electrons. The van der Waals surface area contributed by atoms with Crippen LogP contribution in [0.4, 0.5) is 4.79 Å². The second-order valence-corrected chi connectivity index (χ2v) is 10.0. The number of nitrogens with zero attached hydrogens (tertiary/aromatic N) is 2. The largest absolute Gasteiger partial charge is 0.490 e.